The molecule has 1 aliphatic rings. The van der Waals surface area contributed by atoms with Gasteiger partial charge >= 0.3 is 0 Å². The Morgan fingerprint density at radius 3 is 2.67 bits per heavy atom. The van der Waals surface area contributed by atoms with E-state index in [0.29, 0.717) is 30.9 Å². The fourth-order valence-corrected chi connectivity index (χ4v) is 2.02. The van der Waals surface area contributed by atoms with Crippen molar-refractivity contribution in [3.8, 4) is 0 Å². The van der Waals surface area contributed by atoms with E-state index in [-0.39, 0.29) is 5.91 Å². The molecular weight excluding hydrogens is 228 g/mol. The van der Waals surface area contributed by atoms with Gasteiger partial charge in [-0.25, -0.2) is 0 Å². The van der Waals surface area contributed by atoms with Gasteiger partial charge in [-0.05, 0) is 19.1 Å². The van der Waals surface area contributed by atoms with Crippen LogP contribution in [-0.2, 0) is 4.79 Å². The lowest BCUT2D eigenvalue weighted by atomic mass is 10.1. The molecule has 1 aliphatic heterocycles. The average molecular weight is 246 g/mol. The molecule has 2 rings (SSSR count). The van der Waals surface area contributed by atoms with Gasteiger partial charge < -0.3 is 5.32 Å². The van der Waals surface area contributed by atoms with E-state index in [9.17, 15) is 9.59 Å². The molecule has 1 heterocycles. The summed E-state index contributed by atoms with van der Waals surface area (Å²) in [4.78, 5) is 24.9. The molecule has 0 saturated carbocycles. The fourth-order valence-electron chi connectivity index (χ4n) is 2.02. The zero-order valence-corrected chi connectivity index (χ0v) is 10.6. The second kappa shape index (κ2) is 5.78. The van der Waals surface area contributed by atoms with E-state index in [4.69, 9.17) is 0 Å². The molecule has 0 unspecified atom stereocenters. The van der Waals surface area contributed by atoms with E-state index >= 15 is 0 Å². The number of likely N-dealkylation sites (tertiary alicyclic amines) is 1. The Balaban J connectivity index is 1.75. The molecule has 1 aromatic carbocycles. The van der Waals surface area contributed by atoms with Crippen LogP contribution >= 0.6 is 0 Å². The lowest BCUT2D eigenvalue weighted by Crippen LogP contribution is -2.33. The van der Waals surface area contributed by atoms with Crippen molar-refractivity contribution < 1.29 is 9.59 Å². The number of amides is 1. The Morgan fingerprint density at radius 1 is 1.33 bits per heavy atom. The molecule has 1 aromatic rings. The normalized spacial score (nSPS) is 15.9. The number of ketones is 1. The van der Waals surface area contributed by atoms with Gasteiger partial charge in [0.25, 0.3) is 5.91 Å². The quantitative estimate of drug-likeness (QED) is 0.862. The van der Waals surface area contributed by atoms with Crippen LogP contribution < -0.4 is 5.32 Å². The number of carbonyl (C=O) groups is 2. The molecule has 1 saturated heterocycles. The van der Waals surface area contributed by atoms with Crippen LogP contribution in [0.2, 0.25) is 0 Å². The van der Waals surface area contributed by atoms with Crippen LogP contribution in [0.5, 0.6) is 0 Å². The fraction of sp³-hybridized carbons (Fsp3) is 0.429. The van der Waals surface area contributed by atoms with Crippen molar-refractivity contribution in [2.24, 2.45) is 0 Å². The van der Waals surface area contributed by atoms with Crippen LogP contribution in [-0.4, -0.2) is 42.8 Å². The highest BCUT2D eigenvalue weighted by atomic mass is 16.1. The van der Waals surface area contributed by atoms with E-state index in [1.165, 1.54) is 0 Å². The Morgan fingerprint density at radius 2 is 2.06 bits per heavy atom. The number of hydrogen-bond donors (Lipinski definition) is 1. The van der Waals surface area contributed by atoms with Gasteiger partial charge in [-0.2, -0.15) is 0 Å². The van der Waals surface area contributed by atoms with Crippen LogP contribution in [0, 0.1) is 6.92 Å². The SMILES string of the molecule is Cc1ccc(C(=O)NCCN2CCC(=O)C2)cc1. The van der Waals surface area contributed by atoms with Crippen molar-refractivity contribution in [3.63, 3.8) is 0 Å². The molecule has 0 aliphatic carbocycles. The minimum atomic E-state index is -0.0551. The molecule has 0 bridgehead atoms. The number of rotatable bonds is 4. The Hall–Kier alpha value is -1.68. The average Bonchev–Trinajstić information content (AvgIpc) is 2.76. The van der Waals surface area contributed by atoms with Crippen molar-refractivity contribution in [3.05, 3.63) is 35.4 Å². The molecule has 1 fully saturated rings. The van der Waals surface area contributed by atoms with Gasteiger partial charge in [-0.1, -0.05) is 17.7 Å². The molecule has 0 spiro atoms. The van der Waals surface area contributed by atoms with Crippen LogP contribution in [0.3, 0.4) is 0 Å². The molecule has 4 nitrogen and oxygen atoms in total. The number of aryl methyl sites for hydroxylation is 1. The standard InChI is InChI=1S/C14H18N2O2/c1-11-2-4-12(5-3-11)14(18)15-7-9-16-8-6-13(17)10-16/h2-5H,6-10H2,1H3,(H,15,18). The summed E-state index contributed by atoms with van der Waals surface area (Å²) < 4.78 is 0. The molecule has 18 heavy (non-hydrogen) atoms. The van der Waals surface area contributed by atoms with E-state index in [0.717, 1.165) is 18.7 Å². The largest absolute Gasteiger partial charge is 0.351 e. The summed E-state index contributed by atoms with van der Waals surface area (Å²) in [5, 5.41) is 2.87. The molecular formula is C14H18N2O2. The minimum absolute atomic E-state index is 0.0551. The Bertz CT molecular complexity index is 440. The zero-order valence-electron chi connectivity index (χ0n) is 10.6. The minimum Gasteiger partial charge on any atom is -0.351 e. The predicted octanol–water partition coefficient (Wildman–Crippen LogP) is 1.000. The maximum atomic E-state index is 11.8. The van der Waals surface area contributed by atoms with Crippen LogP contribution in [0.25, 0.3) is 0 Å². The smallest absolute Gasteiger partial charge is 0.251 e. The third-order valence-electron chi connectivity index (χ3n) is 3.13. The highest BCUT2D eigenvalue weighted by molar-refractivity contribution is 5.94. The number of hydrogen-bond acceptors (Lipinski definition) is 3. The van der Waals surface area contributed by atoms with Crippen molar-refractivity contribution in [1.82, 2.24) is 10.2 Å². The van der Waals surface area contributed by atoms with E-state index in [1.807, 2.05) is 31.2 Å². The number of nitrogens with one attached hydrogen (secondary N) is 1. The second-order valence-corrected chi connectivity index (χ2v) is 4.69. The summed E-state index contributed by atoms with van der Waals surface area (Å²) in [5.41, 5.74) is 1.82. The molecule has 0 atom stereocenters. The maximum Gasteiger partial charge on any atom is 0.251 e. The summed E-state index contributed by atoms with van der Waals surface area (Å²) in [7, 11) is 0. The lowest BCUT2D eigenvalue weighted by Gasteiger charge is -2.13. The first-order valence-corrected chi connectivity index (χ1v) is 6.24. The summed E-state index contributed by atoms with van der Waals surface area (Å²) in [6, 6.07) is 7.50. The van der Waals surface area contributed by atoms with Crippen LogP contribution in [0.4, 0.5) is 0 Å². The summed E-state index contributed by atoms with van der Waals surface area (Å²) in [5.74, 6) is 0.236. The Labute approximate surface area is 107 Å². The lowest BCUT2D eigenvalue weighted by molar-refractivity contribution is -0.116. The summed E-state index contributed by atoms with van der Waals surface area (Å²) in [6.07, 6.45) is 0.645. The van der Waals surface area contributed by atoms with Crippen LogP contribution in [0.1, 0.15) is 22.3 Å². The van der Waals surface area contributed by atoms with E-state index in [2.05, 4.69) is 10.2 Å². The van der Waals surface area contributed by atoms with Crippen molar-refractivity contribution >= 4 is 11.7 Å². The monoisotopic (exact) mass is 246 g/mol. The number of nitrogens with zero attached hydrogens (tertiary/aromatic N) is 1. The topological polar surface area (TPSA) is 49.4 Å². The van der Waals surface area contributed by atoms with Gasteiger partial charge in [-0.15, -0.1) is 0 Å². The number of carbonyl (C=O) groups excluding carboxylic acids is 2. The van der Waals surface area contributed by atoms with Crippen molar-refractivity contribution in [1.29, 1.82) is 0 Å². The van der Waals surface area contributed by atoms with Crippen molar-refractivity contribution in [2.75, 3.05) is 26.2 Å². The van der Waals surface area contributed by atoms with Gasteiger partial charge in [0, 0.05) is 31.6 Å². The predicted molar refractivity (Wildman–Crippen MR) is 69.6 cm³/mol. The first-order valence-electron chi connectivity index (χ1n) is 6.24. The highest BCUT2D eigenvalue weighted by Crippen LogP contribution is 2.04. The summed E-state index contributed by atoms with van der Waals surface area (Å²) in [6.45, 7) is 4.66. The first-order chi connectivity index (χ1) is 8.65. The number of Topliss-reactive ketones (excluding diaryl/α,β-unsaturated/α-hetero) is 1. The van der Waals surface area contributed by atoms with Gasteiger partial charge in [0.1, 0.15) is 5.78 Å². The third kappa shape index (κ3) is 3.40. The van der Waals surface area contributed by atoms with Crippen LogP contribution in [0.15, 0.2) is 24.3 Å². The number of benzene rings is 1. The van der Waals surface area contributed by atoms with Gasteiger partial charge in [0.15, 0.2) is 0 Å². The van der Waals surface area contributed by atoms with Gasteiger partial charge in [0.2, 0.25) is 0 Å². The van der Waals surface area contributed by atoms with Crippen molar-refractivity contribution in [2.45, 2.75) is 13.3 Å². The van der Waals surface area contributed by atoms with Gasteiger partial charge in [0.05, 0.1) is 6.54 Å². The molecule has 96 valence electrons. The van der Waals surface area contributed by atoms with Gasteiger partial charge in [-0.3, -0.25) is 14.5 Å². The van der Waals surface area contributed by atoms with E-state index in [1.54, 1.807) is 0 Å². The van der Waals surface area contributed by atoms with E-state index < -0.39 is 0 Å². The third-order valence-corrected chi connectivity index (χ3v) is 3.13. The molecule has 1 N–H and O–H groups in total. The highest BCUT2D eigenvalue weighted by Gasteiger charge is 2.18. The molecule has 0 aromatic heterocycles. The Kier molecular flexibility index (Phi) is 4.10. The molecule has 0 radical (unpaired) electrons. The molecule has 1 amide bonds. The maximum absolute atomic E-state index is 11.8. The summed E-state index contributed by atoms with van der Waals surface area (Å²) >= 11 is 0. The molecule has 4 heteroatoms. The second-order valence-electron chi connectivity index (χ2n) is 4.69. The first kappa shape index (κ1) is 12.8. The zero-order chi connectivity index (χ0) is 13.0.